The number of nitrogens with one attached hydrogen (secondary N) is 1. The maximum Gasteiger partial charge on any atom is 0.239 e. The number of carbonyl (C=O) groups is 2. The molecule has 7 nitrogen and oxygen atoms in total. The molecule has 0 unspecified atom stereocenters. The predicted octanol–water partition coefficient (Wildman–Crippen LogP) is 2.07. The Balaban J connectivity index is 1.62. The van der Waals surface area contributed by atoms with Gasteiger partial charge >= 0.3 is 0 Å². The first-order valence-corrected chi connectivity index (χ1v) is 8.87. The summed E-state index contributed by atoms with van der Waals surface area (Å²) < 4.78 is 26.4. The van der Waals surface area contributed by atoms with Crippen LogP contribution in [0.25, 0.3) is 0 Å². The molecule has 0 atom stereocenters. The third kappa shape index (κ3) is 4.08. The van der Waals surface area contributed by atoms with Crippen molar-refractivity contribution >= 4 is 23.5 Å². The van der Waals surface area contributed by atoms with Crippen molar-refractivity contribution in [2.45, 2.75) is 13.8 Å². The fourth-order valence-corrected chi connectivity index (χ4v) is 2.92. The van der Waals surface area contributed by atoms with Crippen LogP contribution in [0.15, 0.2) is 36.7 Å². The van der Waals surface area contributed by atoms with Gasteiger partial charge in [0.05, 0.1) is 0 Å². The van der Waals surface area contributed by atoms with E-state index in [2.05, 4.69) is 15.3 Å². The molecule has 28 heavy (non-hydrogen) atoms. The number of rotatable bonds is 4. The van der Waals surface area contributed by atoms with Gasteiger partial charge in [-0.3, -0.25) is 9.59 Å². The summed E-state index contributed by atoms with van der Waals surface area (Å²) in [4.78, 5) is 37.5. The molecule has 148 valence electrons. The second kappa shape index (κ2) is 7.87. The van der Waals surface area contributed by atoms with Crippen molar-refractivity contribution in [2.24, 2.45) is 5.41 Å². The molecule has 1 saturated heterocycles. The van der Waals surface area contributed by atoms with Gasteiger partial charge in [-0.25, -0.2) is 18.7 Å². The molecule has 0 radical (unpaired) electrons. The van der Waals surface area contributed by atoms with Gasteiger partial charge in [0.25, 0.3) is 0 Å². The number of piperazine rings is 1. The topological polar surface area (TPSA) is 78.4 Å². The van der Waals surface area contributed by atoms with Gasteiger partial charge in [-0.05, 0) is 32.0 Å². The summed E-state index contributed by atoms with van der Waals surface area (Å²) in [6.07, 6.45) is 3.32. The Hall–Kier alpha value is -3.10. The molecule has 1 aromatic heterocycles. The van der Waals surface area contributed by atoms with Gasteiger partial charge in [-0.2, -0.15) is 0 Å². The van der Waals surface area contributed by atoms with E-state index in [1.807, 2.05) is 4.90 Å². The van der Waals surface area contributed by atoms with Crippen LogP contribution in [-0.4, -0.2) is 52.9 Å². The highest BCUT2D eigenvalue weighted by atomic mass is 19.2. The fraction of sp³-hybridized carbons (Fsp3) is 0.368. The third-order valence-corrected chi connectivity index (χ3v) is 4.68. The van der Waals surface area contributed by atoms with Crippen LogP contribution in [0.2, 0.25) is 0 Å². The average Bonchev–Trinajstić information content (AvgIpc) is 2.71. The van der Waals surface area contributed by atoms with Crippen LogP contribution in [0.3, 0.4) is 0 Å². The Morgan fingerprint density at radius 2 is 1.68 bits per heavy atom. The number of hydrogen-bond donors (Lipinski definition) is 1. The minimum absolute atomic E-state index is 0.0934. The summed E-state index contributed by atoms with van der Waals surface area (Å²) in [5.74, 6) is -2.39. The monoisotopic (exact) mass is 389 g/mol. The van der Waals surface area contributed by atoms with Gasteiger partial charge in [0, 0.05) is 50.3 Å². The lowest BCUT2D eigenvalue weighted by Gasteiger charge is -2.38. The van der Waals surface area contributed by atoms with Crippen LogP contribution in [0.1, 0.15) is 13.8 Å². The van der Waals surface area contributed by atoms with E-state index in [-0.39, 0.29) is 11.6 Å². The molecule has 9 heteroatoms. The number of carbonyl (C=O) groups excluding carboxylic acids is 2. The van der Waals surface area contributed by atoms with Crippen LogP contribution >= 0.6 is 0 Å². The molecule has 1 aliphatic heterocycles. The summed E-state index contributed by atoms with van der Waals surface area (Å²) >= 11 is 0. The van der Waals surface area contributed by atoms with E-state index < -0.39 is 23.0 Å². The second-order valence-corrected chi connectivity index (χ2v) is 7.04. The lowest BCUT2D eigenvalue weighted by Crippen LogP contribution is -2.54. The Morgan fingerprint density at radius 3 is 2.29 bits per heavy atom. The average molecular weight is 389 g/mol. The zero-order chi connectivity index (χ0) is 20.3. The van der Waals surface area contributed by atoms with E-state index in [0.29, 0.717) is 32.1 Å². The predicted molar refractivity (Wildman–Crippen MR) is 99.6 cm³/mol. The Morgan fingerprint density at radius 1 is 1.04 bits per heavy atom. The first-order chi connectivity index (χ1) is 13.3. The number of benzene rings is 1. The summed E-state index contributed by atoms with van der Waals surface area (Å²) in [5.41, 5.74) is -1.27. The zero-order valence-corrected chi connectivity index (χ0v) is 15.7. The van der Waals surface area contributed by atoms with Gasteiger partial charge in [0.1, 0.15) is 5.41 Å². The minimum Gasteiger partial charge on any atom is -0.338 e. The van der Waals surface area contributed by atoms with Crippen LogP contribution in [0, 0.1) is 17.0 Å². The first-order valence-electron chi connectivity index (χ1n) is 8.87. The van der Waals surface area contributed by atoms with Gasteiger partial charge < -0.3 is 15.1 Å². The van der Waals surface area contributed by atoms with Gasteiger partial charge in [0.15, 0.2) is 11.6 Å². The van der Waals surface area contributed by atoms with Crippen LogP contribution in [-0.2, 0) is 9.59 Å². The van der Waals surface area contributed by atoms with Crippen LogP contribution < -0.4 is 10.2 Å². The Kier molecular flexibility index (Phi) is 5.53. The SMILES string of the molecule is CC(C)(C(=O)Nc1ccc(F)c(F)c1)C(=O)N1CCN(c2ncccn2)CC1. The van der Waals surface area contributed by atoms with Crippen molar-refractivity contribution in [3.05, 3.63) is 48.3 Å². The molecule has 0 bridgehead atoms. The molecular weight excluding hydrogens is 368 g/mol. The standard InChI is InChI=1S/C19H21F2N5O2/c1-19(2,16(27)24-13-4-5-14(20)15(21)12-13)17(28)25-8-10-26(11-9-25)18-22-6-3-7-23-18/h3-7,12H,8-11H2,1-2H3,(H,24,27). The molecule has 3 rings (SSSR count). The fourth-order valence-electron chi connectivity index (χ4n) is 2.92. The molecule has 0 spiro atoms. The van der Waals surface area contributed by atoms with Gasteiger partial charge in [0.2, 0.25) is 17.8 Å². The highest BCUT2D eigenvalue weighted by Crippen LogP contribution is 2.24. The minimum atomic E-state index is -1.36. The number of anilines is 2. The lowest BCUT2D eigenvalue weighted by atomic mass is 9.89. The third-order valence-electron chi connectivity index (χ3n) is 4.68. The van der Waals surface area contributed by atoms with Crippen molar-refractivity contribution in [1.82, 2.24) is 14.9 Å². The first kappa shape index (κ1) is 19.7. The zero-order valence-electron chi connectivity index (χ0n) is 15.7. The normalized spacial score (nSPS) is 14.7. The lowest BCUT2D eigenvalue weighted by molar-refractivity contribution is -0.146. The summed E-state index contributed by atoms with van der Waals surface area (Å²) in [6.45, 7) is 4.99. The smallest absolute Gasteiger partial charge is 0.239 e. The maximum absolute atomic E-state index is 13.3. The molecule has 0 saturated carbocycles. The highest BCUT2D eigenvalue weighted by Gasteiger charge is 2.40. The number of hydrogen-bond acceptors (Lipinski definition) is 5. The number of amides is 2. The second-order valence-electron chi connectivity index (χ2n) is 7.04. The van der Waals surface area contributed by atoms with E-state index in [0.717, 1.165) is 12.1 Å². The quantitative estimate of drug-likeness (QED) is 0.810. The van der Waals surface area contributed by atoms with Gasteiger partial charge in [-0.1, -0.05) is 0 Å². The molecule has 2 amide bonds. The maximum atomic E-state index is 13.3. The van der Waals surface area contributed by atoms with E-state index in [4.69, 9.17) is 0 Å². The van der Waals surface area contributed by atoms with Crippen molar-refractivity contribution in [2.75, 3.05) is 36.4 Å². The van der Waals surface area contributed by atoms with Crippen LogP contribution in [0.4, 0.5) is 20.4 Å². The van der Waals surface area contributed by atoms with Crippen molar-refractivity contribution in [3.8, 4) is 0 Å². The van der Waals surface area contributed by atoms with Crippen molar-refractivity contribution in [1.29, 1.82) is 0 Å². The summed E-state index contributed by atoms with van der Waals surface area (Å²) in [6, 6.07) is 4.78. The molecule has 2 heterocycles. The molecule has 1 fully saturated rings. The molecule has 1 aliphatic rings. The summed E-state index contributed by atoms with van der Waals surface area (Å²) in [5, 5.41) is 2.48. The largest absolute Gasteiger partial charge is 0.338 e. The van der Waals surface area contributed by atoms with Crippen molar-refractivity contribution < 1.29 is 18.4 Å². The molecule has 1 N–H and O–H groups in total. The molecule has 1 aromatic carbocycles. The molecule has 0 aliphatic carbocycles. The van der Waals surface area contributed by atoms with Crippen molar-refractivity contribution in [3.63, 3.8) is 0 Å². The van der Waals surface area contributed by atoms with Crippen LogP contribution in [0.5, 0.6) is 0 Å². The van der Waals surface area contributed by atoms with Gasteiger partial charge in [-0.15, -0.1) is 0 Å². The van der Waals surface area contributed by atoms with E-state index in [9.17, 15) is 18.4 Å². The number of halogens is 2. The van der Waals surface area contributed by atoms with E-state index in [1.54, 1.807) is 23.4 Å². The Labute approximate surface area is 161 Å². The highest BCUT2D eigenvalue weighted by molar-refractivity contribution is 6.09. The summed E-state index contributed by atoms with van der Waals surface area (Å²) in [7, 11) is 0. The number of nitrogens with zero attached hydrogens (tertiary/aromatic N) is 4. The van der Waals surface area contributed by atoms with E-state index in [1.165, 1.54) is 19.9 Å². The Bertz CT molecular complexity index is 868. The molecular formula is C19H21F2N5O2. The number of aromatic nitrogens is 2. The molecule has 2 aromatic rings. The van der Waals surface area contributed by atoms with E-state index >= 15 is 0 Å².